The fraction of sp³-hybridized carbons (Fsp3) is 0.259. The molecule has 2 heterocycles. The summed E-state index contributed by atoms with van der Waals surface area (Å²) >= 11 is 0. The molecule has 1 aromatic heterocycles. The van der Waals surface area contributed by atoms with Crippen molar-refractivity contribution in [1.29, 1.82) is 0 Å². The highest BCUT2D eigenvalue weighted by Gasteiger charge is 2.54. The van der Waals surface area contributed by atoms with Gasteiger partial charge in [0.25, 0.3) is 0 Å². The van der Waals surface area contributed by atoms with E-state index in [-0.39, 0.29) is 39.9 Å². The molecular formula is C54H48O23. The molecule has 0 saturated carbocycles. The van der Waals surface area contributed by atoms with Crippen LogP contribution in [0.15, 0.2) is 100 Å². The first-order valence-corrected chi connectivity index (χ1v) is 22.9. The summed E-state index contributed by atoms with van der Waals surface area (Å²) in [6.07, 6.45) is -4.79. The minimum absolute atomic E-state index is 0.0596. The van der Waals surface area contributed by atoms with Crippen molar-refractivity contribution in [3.63, 3.8) is 0 Å². The summed E-state index contributed by atoms with van der Waals surface area (Å²) in [7, 11) is 1.34. The van der Waals surface area contributed by atoms with Crippen LogP contribution >= 0.6 is 0 Å². The highest BCUT2D eigenvalue weighted by atomic mass is 16.7. The van der Waals surface area contributed by atoms with E-state index in [4.69, 9.17) is 61.3 Å². The molecule has 0 radical (unpaired) electrons. The Kier molecular flexibility index (Phi) is 18.8. The number of rotatable bonds is 18. The molecule has 6 rings (SSSR count). The van der Waals surface area contributed by atoms with Crippen LogP contribution in [0.25, 0.3) is 34.4 Å². The molecule has 0 amide bonds. The van der Waals surface area contributed by atoms with Gasteiger partial charge in [-0.1, -0.05) is 18.2 Å². The number of esters is 9. The van der Waals surface area contributed by atoms with Gasteiger partial charge >= 0.3 is 53.7 Å². The van der Waals surface area contributed by atoms with E-state index in [2.05, 4.69) is 0 Å². The maximum absolute atomic E-state index is 15.0. The highest BCUT2D eigenvalue weighted by molar-refractivity contribution is 5.92. The van der Waals surface area contributed by atoms with Crippen molar-refractivity contribution in [3.8, 4) is 51.6 Å². The number of carbonyl (C=O) groups excluding carboxylic acids is 9. The fourth-order valence-corrected chi connectivity index (χ4v) is 7.40. The standard InChI is InChI=1S/C54H48O23/c1-27(55)67-37-16-9-34(10-17-37)12-22-46(63)76-52-50(72-32(6)60)44(26-66-45(62)21-13-35-11-20-40(70-30(4)58)41(23-35)65-8)75-54(53(52)73-33(7)61)77-51-48(64)47-42(71-31(5)59)24-39(69-29(3)57)25-43(47)74-49(51)36-14-18-38(19-15-36)68-28(2)56/h9-25,44,50,52-54H,26H2,1-8H3/b21-13+,22-12+/t44-,50-,52-,53-,54+/m1/s1. The second-order valence-corrected chi connectivity index (χ2v) is 16.4. The first-order valence-electron chi connectivity index (χ1n) is 22.9. The van der Waals surface area contributed by atoms with Gasteiger partial charge in [-0.25, -0.2) is 9.59 Å². The average molecular weight is 1060 g/mol. The van der Waals surface area contributed by atoms with E-state index in [1.165, 1.54) is 107 Å². The number of fused-ring (bicyclic) bond motifs is 1. The van der Waals surface area contributed by atoms with Crippen molar-refractivity contribution in [2.45, 2.75) is 79.2 Å². The normalized spacial score (nSPS) is 16.9. The molecule has 0 spiro atoms. The molecule has 0 aliphatic carbocycles. The van der Waals surface area contributed by atoms with Crippen LogP contribution in [-0.4, -0.2) is 98.1 Å². The largest absolute Gasteiger partial charge is 0.493 e. The summed E-state index contributed by atoms with van der Waals surface area (Å²) < 4.78 is 73.1. The Hall–Kier alpha value is -9.64. The van der Waals surface area contributed by atoms with Crippen LogP contribution in [0.2, 0.25) is 0 Å². The third kappa shape index (κ3) is 15.7. The van der Waals surface area contributed by atoms with E-state index < -0.39 is 119 Å². The van der Waals surface area contributed by atoms with Crippen molar-refractivity contribution < 1.29 is 104 Å². The van der Waals surface area contributed by atoms with Crippen LogP contribution in [0.3, 0.4) is 0 Å². The van der Waals surface area contributed by atoms with E-state index in [0.29, 0.717) is 11.1 Å². The van der Waals surface area contributed by atoms with Gasteiger partial charge < -0.3 is 61.3 Å². The molecule has 5 atom stereocenters. The number of hydrogen-bond donors (Lipinski definition) is 0. The second kappa shape index (κ2) is 25.5. The fourth-order valence-electron chi connectivity index (χ4n) is 7.40. The van der Waals surface area contributed by atoms with Gasteiger partial charge in [0.2, 0.25) is 23.6 Å². The summed E-state index contributed by atoms with van der Waals surface area (Å²) in [4.78, 5) is 127. The molecule has 77 heavy (non-hydrogen) atoms. The molecule has 1 saturated heterocycles. The molecule has 23 heteroatoms. The Labute approximate surface area is 437 Å². The number of ether oxygens (including phenoxy) is 12. The van der Waals surface area contributed by atoms with Crippen LogP contribution in [0, 0.1) is 0 Å². The van der Waals surface area contributed by atoms with Crippen LogP contribution in [0.4, 0.5) is 0 Å². The number of benzene rings is 4. The van der Waals surface area contributed by atoms with Gasteiger partial charge in [0.15, 0.2) is 29.5 Å². The number of carbonyl (C=O) groups is 9. The van der Waals surface area contributed by atoms with Crippen LogP contribution < -0.4 is 38.6 Å². The van der Waals surface area contributed by atoms with E-state index in [9.17, 15) is 43.2 Å². The molecular weight excluding hydrogens is 1020 g/mol. The summed E-state index contributed by atoms with van der Waals surface area (Å²) in [6.45, 7) is 6.89. The smallest absolute Gasteiger partial charge is 0.331 e. The van der Waals surface area contributed by atoms with Gasteiger partial charge in [0.1, 0.15) is 46.7 Å². The zero-order valence-electron chi connectivity index (χ0n) is 42.3. The maximum atomic E-state index is 15.0. The van der Waals surface area contributed by atoms with Gasteiger partial charge in [-0.15, -0.1) is 0 Å². The molecule has 4 aromatic carbocycles. The van der Waals surface area contributed by atoms with Crippen molar-refractivity contribution in [2.24, 2.45) is 0 Å². The molecule has 23 nitrogen and oxygen atoms in total. The summed E-state index contributed by atoms with van der Waals surface area (Å²) in [6, 6.07) is 18.0. The molecule has 1 aliphatic heterocycles. The third-order valence-electron chi connectivity index (χ3n) is 10.3. The molecule has 1 fully saturated rings. The van der Waals surface area contributed by atoms with E-state index >= 15 is 4.79 Å². The predicted octanol–water partition coefficient (Wildman–Crippen LogP) is 5.94. The molecule has 402 valence electrons. The Morgan fingerprint density at radius 2 is 1.05 bits per heavy atom. The first-order chi connectivity index (χ1) is 36.6. The summed E-state index contributed by atoms with van der Waals surface area (Å²) in [5.74, 6) is -8.93. The summed E-state index contributed by atoms with van der Waals surface area (Å²) in [5, 5.41) is -0.450. The zero-order valence-corrected chi connectivity index (χ0v) is 42.3. The van der Waals surface area contributed by atoms with Crippen molar-refractivity contribution in [3.05, 3.63) is 112 Å². The van der Waals surface area contributed by atoms with E-state index in [1.807, 2.05) is 0 Å². The minimum Gasteiger partial charge on any atom is -0.493 e. The van der Waals surface area contributed by atoms with Gasteiger partial charge in [-0.2, -0.15) is 0 Å². The lowest BCUT2D eigenvalue weighted by Crippen LogP contribution is -2.63. The SMILES string of the molecule is COc1cc(/C=C/C(=O)OC[C@H]2O[C@@H](Oc3c(-c4ccc(OC(C)=O)cc4)oc4cc(OC(C)=O)cc(OC(C)=O)c4c3=O)[C@H](OC(C)=O)[C@H](OC(=O)/C=C/c3ccc(OC(C)=O)cc3)[C@@H]2OC(C)=O)ccc1OC(C)=O. The first kappa shape index (κ1) is 56.7. The monoisotopic (exact) mass is 1060 g/mol. The van der Waals surface area contributed by atoms with Gasteiger partial charge in [-0.05, 0) is 71.8 Å². The summed E-state index contributed by atoms with van der Waals surface area (Å²) in [5.41, 5.74) is -0.525. The number of methoxy groups -OCH3 is 1. The molecule has 0 N–H and O–H groups in total. The Bertz CT molecular complexity index is 3220. The molecule has 5 aromatic rings. The maximum Gasteiger partial charge on any atom is 0.331 e. The van der Waals surface area contributed by atoms with Crippen molar-refractivity contribution in [1.82, 2.24) is 0 Å². The second-order valence-electron chi connectivity index (χ2n) is 16.4. The zero-order chi connectivity index (χ0) is 56.1. The Balaban J connectivity index is 1.48. The van der Waals surface area contributed by atoms with Crippen molar-refractivity contribution in [2.75, 3.05) is 13.7 Å². The quantitative estimate of drug-likeness (QED) is 0.0424. The highest BCUT2D eigenvalue weighted by Crippen LogP contribution is 2.40. The van der Waals surface area contributed by atoms with E-state index in [1.54, 1.807) is 0 Å². The van der Waals surface area contributed by atoms with Crippen LogP contribution in [0.1, 0.15) is 59.6 Å². The molecule has 1 aliphatic rings. The van der Waals surface area contributed by atoms with E-state index in [0.717, 1.165) is 52.0 Å². The lowest BCUT2D eigenvalue weighted by atomic mass is 9.98. The van der Waals surface area contributed by atoms with Gasteiger partial charge in [0.05, 0.1) is 7.11 Å². The average Bonchev–Trinajstić information content (AvgIpc) is 3.34. The van der Waals surface area contributed by atoms with Crippen molar-refractivity contribution >= 4 is 76.8 Å². The lowest BCUT2D eigenvalue weighted by Gasteiger charge is -2.43. The van der Waals surface area contributed by atoms with Gasteiger partial charge in [0, 0.05) is 78.3 Å². The van der Waals surface area contributed by atoms with Crippen LogP contribution in [-0.2, 0) is 66.8 Å². The topological polar surface area (TPSA) is 295 Å². The Morgan fingerprint density at radius 1 is 0.519 bits per heavy atom. The van der Waals surface area contributed by atoms with Crippen LogP contribution in [0.5, 0.6) is 40.2 Å². The Morgan fingerprint density at radius 3 is 1.64 bits per heavy atom. The number of hydrogen-bond acceptors (Lipinski definition) is 23. The third-order valence-corrected chi connectivity index (χ3v) is 10.3. The molecule has 0 unspecified atom stereocenters. The lowest BCUT2D eigenvalue weighted by molar-refractivity contribution is -0.288. The molecule has 0 bridgehead atoms. The minimum atomic E-state index is -2.08. The van der Waals surface area contributed by atoms with Gasteiger partial charge in [-0.3, -0.25) is 38.4 Å². The predicted molar refractivity (Wildman–Crippen MR) is 263 cm³/mol.